The summed E-state index contributed by atoms with van der Waals surface area (Å²) in [5.41, 5.74) is 6.54. The maximum Gasteiger partial charge on any atom is 0.223 e. The van der Waals surface area contributed by atoms with Crippen molar-refractivity contribution in [2.24, 2.45) is 17.1 Å². The molecule has 0 radical (unpaired) electrons. The van der Waals surface area contributed by atoms with Crippen LogP contribution in [0.1, 0.15) is 25.8 Å². The second-order valence-corrected chi connectivity index (χ2v) is 7.41. The van der Waals surface area contributed by atoms with Gasteiger partial charge in [0.25, 0.3) is 0 Å². The van der Waals surface area contributed by atoms with E-state index in [1.165, 1.54) is 5.56 Å². The van der Waals surface area contributed by atoms with E-state index < -0.39 is 5.41 Å². The number of rotatable bonds is 8. The van der Waals surface area contributed by atoms with E-state index >= 15 is 0 Å². The van der Waals surface area contributed by atoms with E-state index in [4.69, 9.17) is 5.73 Å². The Labute approximate surface area is 140 Å². The fourth-order valence-corrected chi connectivity index (χ4v) is 3.21. The lowest BCUT2D eigenvalue weighted by molar-refractivity contribution is -0.128. The lowest BCUT2D eigenvalue weighted by Crippen LogP contribution is -2.40. The Balaban J connectivity index is 1.69. The van der Waals surface area contributed by atoms with E-state index in [0.29, 0.717) is 5.92 Å². The van der Waals surface area contributed by atoms with Gasteiger partial charge in [-0.2, -0.15) is 0 Å². The van der Waals surface area contributed by atoms with Crippen molar-refractivity contribution in [1.82, 2.24) is 9.80 Å². The highest BCUT2D eigenvalue weighted by Gasteiger charge is 2.39. The summed E-state index contributed by atoms with van der Waals surface area (Å²) in [5.74, 6) is 0.207. The number of hydrogen-bond donors (Lipinski definition) is 1. The minimum absolute atomic E-state index is 0.177. The molecule has 0 spiro atoms. The van der Waals surface area contributed by atoms with Crippen LogP contribution in [-0.2, 0) is 11.2 Å². The van der Waals surface area contributed by atoms with Gasteiger partial charge in [0.15, 0.2) is 0 Å². The molecular weight excluding hydrogens is 286 g/mol. The summed E-state index contributed by atoms with van der Waals surface area (Å²) in [6, 6.07) is 10.6. The summed E-state index contributed by atoms with van der Waals surface area (Å²) >= 11 is 0. The minimum atomic E-state index is -0.395. The molecule has 4 heteroatoms. The first-order valence-corrected chi connectivity index (χ1v) is 8.64. The molecule has 1 atom stereocenters. The third kappa shape index (κ3) is 5.05. The highest BCUT2D eigenvalue weighted by molar-refractivity contribution is 5.80. The Kier molecular flexibility index (Phi) is 6.19. The van der Waals surface area contributed by atoms with Crippen molar-refractivity contribution in [3.63, 3.8) is 0 Å². The predicted molar refractivity (Wildman–Crippen MR) is 95.2 cm³/mol. The summed E-state index contributed by atoms with van der Waals surface area (Å²) in [6.45, 7) is 9.24. The van der Waals surface area contributed by atoms with Crippen molar-refractivity contribution in [1.29, 1.82) is 0 Å². The number of primary amides is 1. The molecule has 128 valence electrons. The molecule has 1 heterocycles. The number of nitrogens with zero attached hydrogens (tertiary/aromatic N) is 2. The molecule has 23 heavy (non-hydrogen) atoms. The summed E-state index contributed by atoms with van der Waals surface area (Å²) < 4.78 is 0. The fourth-order valence-electron chi connectivity index (χ4n) is 3.21. The Morgan fingerprint density at radius 2 is 2.00 bits per heavy atom. The SMILES string of the molecule is CN(CCc1ccccc1)CCN1CCC(C(C)(C)C(N)=O)C1. The highest BCUT2D eigenvalue weighted by Crippen LogP contribution is 2.33. The summed E-state index contributed by atoms with van der Waals surface area (Å²) in [7, 11) is 2.18. The Bertz CT molecular complexity index is 501. The zero-order chi connectivity index (χ0) is 16.9. The van der Waals surface area contributed by atoms with Gasteiger partial charge in [0.2, 0.25) is 5.91 Å². The zero-order valence-electron chi connectivity index (χ0n) is 14.8. The normalized spacial score (nSPS) is 19.4. The van der Waals surface area contributed by atoms with Crippen molar-refractivity contribution >= 4 is 5.91 Å². The molecule has 2 N–H and O–H groups in total. The second-order valence-electron chi connectivity index (χ2n) is 7.41. The number of likely N-dealkylation sites (tertiary alicyclic amines) is 1. The molecule has 1 aliphatic rings. The summed E-state index contributed by atoms with van der Waals surface area (Å²) in [6.07, 6.45) is 2.17. The average Bonchev–Trinajstić information content (AvgIpc) is 3.01. The summed E-state index contributed by atoms with van der Waals surface area (Å²) in [5, 5.41) is 0. The number of amides is 1. The van der Waals surface area contributed by atoms with Gasteiger partial charge in [-0.15, -0.1) is 0 Å². The standard InChI is InChI=1S/C19H31N3O/c1-19(2,18(20)23)17-10-12-22(15-17)14-13-21(3)11-9-16-7-5-4-6-8-16/h4-8,17H,9-15H2,1-3H3,(H2,20,23). The smallest absolute Gasteiger partial charge is 0.223 e. The van der Waals surface area contributed by atoms with Gasteiger partial charge in [0.1, 0.15) is 0 Å². The molecule has 4 nitrogen and oxygen atoms in total. The van der Waals surface area contributed by atoms with E-state index in [9.17, 15) is 4.79 Å². The van der Waals surface area contributed by atoms with Crippen LogP contribution in [0.4, 0.5) is 0 Å². The third-order valence-corrected chi connectivity index (χ3v) is 5.35. The van der Waals surface area contributed by atoms with Gasteiger partial charge in [-0.3, -0.25) is 4.79 Å². The number of benzene rings is 1. The van der Waals surface area contributed by atoms with Crippen LogP contribution in [0.3, 0.4) is 0 Å². The van der Waals surface area contributed by atoms with Crippen molar-refractivity contribution in [3.05, 3.63) is 35.9 Å². The monoisotopic (exact) mass is 317 g/mol. The van der Waals surface area contributed by atoms with Gasteiger partial charge in [-0.25, -0.2) is 0 Å². The molecule has 2 rings (SSSR count). The number of likely N-dealkylation sites (N-methyl/N-ethyl adjacent to an activating group) is 1. The molecule has 1 saturated heterocycles. The van der Waals surface area contributed by atoms with Gasteiger partial charge >= 0.3 is 0 Å². The molecule has 1 aliphatic heterocycles. The van der Waals surface area contributed by atoms with Crippen LogP contribution < -0.4 is 5.73 Å². The maximum atomic E-state index is 11.6. The molecule has 1 aromatic rings. The minimum Gasteiger partial charge on any atom is -0.369 e. The molecule has 0 bridgehead atoms. The average molecular weight is 317 g/mol. The van der Waals surface area contributed by atoms with Crippen molar-refractivity contribution in [2.45, 2.75) is 26.7 Å². The quantitative estimate of drug-likeness (QED) is 0.798. The van der Waals surface area contributed by atoms with E-state index in [2.05, 4.69) is 47.2 Å². The van der Waals surface area contributed by atoms with Crippen LogP contribution >= 0.6 is 0 Å². The van der Waals surface area contributed by atoms with Crippen LogP contribution in [-0.4, -0.2) is 55.5 Å². The largest absolute Gasteiger partial charge is 0.369 e. The lowest BCUT2D eigenvalue weighted by Gasteiger charge is -2.28. The predicted octanol–water partition coefficient (Wildman–Crippen LogP) is 1.99. The molecule has 0 aromatic heterocycles. The van der Waals surface area contributed by atoms with Crippen molar-refractivity contribution in [2.75, 3.05) is 39.8 Å². The topological polar surface area (TPSA) is 49.6 Å². The molecule has 0 aliphatic carbocycles. The van der Waals surface area contributed by atoms with Gasteiger partial charge in [-0.1, -0.05) is 44.2 Å². The Morgan fingerprint density at radius 3 is 2.65 bits per heavy atom. The van der Waals surface area contributed by atoms with Gasteiger partial charge in [0, 0.05) is 31.6 Å². The van der Waals surface area contributed by atoms with Crippen molar-refractivity contribution < 1.29 is 4.79 Å². The first-order valence-electron chi connectivity index (χ1n) is 8.64. The zero-order valence-corrected chi connectivity index (χ0v) is 14.8. The van der Waals surface area contributed by atoms with E-state index in [-0.39, 0.29) is 5.91 Å². The molecule has 1 fully saturated rings. The third-order valence-electron chi connectivity index (χ3n) is 5.35. The second kappa shape index (κ2) is 7.93. The number of carbonyl (C=O) groups excluding carboxylic acids is 1. The lowest BCUT2D eigenvalue weighted by atomic mass is 9.78. The van der Waals surface area contributed by atoms with Gasteiger partial charge < -0.3 is 15.5 Å². The van der Waals surface area contributed by atoms with Gasteiger partial charge in [-0.05, 0) is 37.9 Å². The van der Waals surface area contributed by atoms with Crippen LogP contribution in [0.5, 0.6) is 0 Å². The Hall–Kier alpha value is -1.39. The maximum absolute atomic E-state index is 11.6. The molecule has 0 saturated carbocycles. The number of nitrogens with two attached hydrogens (primary N) is 1. The van der Waals surface area contributed by atoms with Crippen LogP contribution in [0.25, 0.3) is 0 Å². The molecule has 1 amide bonds. The van der Waals surface area contributed by atoms with Crippen LogP contribution in [0.2, 0.25) is 0 Å². The first-order chi connectivity index (χ1) is 10.9. The van der Waals surface area contributed by atoms with E-state index in [0.717, 1.165) is 45.6 Å². The number of hydrogen-bond acceptors (Lipinski definition) is 3. The molecular formula is C19H31N3O. The van der Waals surface area contributed by atoms with E-state index in [1.807, 2.05) is 13.8 Å². The molecule has 1 unspecified atom stereocenters. The summed E-state index contributed by atoms with van der Waals surface area (Å²) in [4.78, 5) is 16.5. The first kappa shape index (κ1) is 18.0. The van der Waals surface area contributed by atoms with Gasteiger partial charge in [0.05, 0.1) is 0 Å². The van der Waals surface area contributed by atoms with E-state index in [1.54, 1.807) is 0 Å². The fraction of sp³-hybridized carbons (Fsp3) is 0.632. The van der Waals surface area contributed by atoms with Crippen LogP contribution in [0, 0.1) is 11.3 Å². The van der Waals surface area contributed by atoms with Crippen LogP contribution in [0.15, 0.2) is 30.3 Å². The molecule has 1 aromatic carbocycles. The van der Waals surface area contributed by atoms with Crippen molar-refractivity contribution in [3.8, 4) is 0 Å². The number of carbonyl (C=O) groups is 1. The highest BCUT2D eigenvalue weighted by atomic mass is 16.1. The Morgan fingerprint density at radius 1 is 1.30 bits per heavy atom.